The molecule has 0 amide bonds. The third kappa shape index (κ3) is 2.86. The lowest BCUT2D eigenvalue weighted by Gasteiger charge is -2.30. The predicted octanol–water partition coefficient (Wildman–Crippen LogP) is 3.63. The van der Waals surface area contributed by atoms with E-state index < -0.39 is 4.87 Å². The summed E-state index contributed by atoms with van der Waals surface area (Å²) >= 11 is 6.69. The van der Waals surface area contributed by atoms with Crippen molar-refractivity contribution in [1.82, 2.24) is 0 Å². The first-order valence-electron chi connectivity index (χ1n) is 6.37. The van der Waals surface area contributed by atoms with Crippen LogP contribution < -0.4 is 0 Å². The minimum absolute atomic E-state index is 0.0321. The van der Waals surface area contributed by atoms with E-state index in [2.05, 4.69) is 34.3 Å². The number of rotatable bonds is 5. The molecule has 1 saturated heterocycles. The van der Waals surface area contributed by atoms with Gasteiger partial charge in [-0.15, -0.1) is 18.2 Å². The Labute approximate surface area is 110 Å². The largest absolute Gasteiger partial charge is 0.376 e. The van der Waals surface area contributed by atoms with Crippen molar-refractivity contribution < 1.29 is 9.47 Å². The van der Waals surface area contributed by atoms with Crippen LogP contribution in [0, 0.1) is 11.8 Å². The zero-order valence-corrected chi connectivity index (χ0v) is 12.3. The van der Waals surface area contributed by atoms with Gasteiger partial charge in [-0.1, -0.05) is 33.8 Å². The molecule has 0 aliphatic carbocycles. The monoisotopic (exact) mass is 260 g/mol. The quantitative estimate of drug-likeness (QED) is 0.555. The van der Waals surface area contributed by atoms with E-state index in [-0.39, 0.29) is 18.3 Å². The van der Waals surface area contributed by atoms with E-state index in [1.807, 2.05) is 0 Å². The van der Waals surface area contributed by atoms with E-state index in [0.29, 0.717) is 11.8 Å². The zero-order chi connectivity index (χ0) is 13.2. The maximum atomic E-state index is 6.69. The van der Waals surface area contributed by atoms with Crippen molar-refractivity contribution in [3.63, 3.8) is 0 Å². The van der Waals surface area contributed by atoms with E-state index in [1.54, 1.807) is 13.2 Å². The van der Waals surface area contributed by atoms with E-state index >= 15 is 0 Å². The van der Waals surface area contributed by atoms with E-state index in [9.17, 15) is 0 Å². The number of halogens is 1. The number of hydrogen-bond acceptors (Lipinski definition) is 2. The summed E-state index contributed by atoms with van der Waals surface area (Å²) in [5, 5.41) is 0. The topological polar surface area (TPSA) is 18.5 Å². The fourth-order valence-electron chi connectivity index (χ4n) is 2.69. The molecular formula is C14H25ClO2. The van der Waals surface area contributed by atoms with Crippen LogP contribution in [0.1, 0.15) is 34.1 Å². The molecule has 1 aliphatic heterocycles. The van der Waals surface area contributed by atoms with Gasteiger partial charge in [0.2, 0.25) is 0 Å². The number of hydrogen-bond donors (Lipinski definition) is 0. The summed E-state index contributed by atoms with van der Waals surface area (Å²) in [5.74, 6) is 0.912. The minimum Gasteiger partial charge on any atom is -0.376 e. The van der Waals surface area contributed by atoms with Crippen molar-refractivity contribution in [3.8, 4) is 0 Å². The van der Waals surface area contributed by atoms with Gasteiger partial charge in [0, 0.05) is 7.11 Å². The van der Waals surface area contributed by atoms with Crippen LogP contribution in [0.15, 0.2) is 12.7 Å². The van der Waals surface area contributed by atoms with Gasteiger partial charge in [-0.2, -0.15) is 0 Å². The van der Waals surface area contributed by atoms with Gasteiger partial charge in [0.05, 0.1) is 12.2 Å². The maximum absolute atomic E-state index is 6.69. The molecule has 0 unspecified atom stereocenters. The Hall–Kier alpha value is -0.0500. The van der Waals surface area contributed by atoms with E-state index in [4.69, 9.17) is 21.1 Å². The minimum atomic E-state index is -0.609. The Morgan fingerprint density at radius 1 is 1.41 bits per heavy atom. The summed E-state index contributed by atoms with van der Waals surface area (Å²) in [7, 11) is 1.70. The fourth-order valence-corrected chi connectivity index (χ4v) is 3.22. The van der Waals surface area contributed by atoms with Crippen LogP contribution >= 0.6 is 11.6 Å². The van der Waals surface area contributed by atoms with E-state index in [1.165, 1.54) is 0 Å². The van der Waals surface area contributed by atoms with Crippen molar-refractivity contribution in [2.45, 2.75) is 57.3 Å². The Balaban J connectivity index is 2.96. The lowest BCUT2D eigenvalue weighted by atomic mass is 9.87. The number of ether oxygens (including phenoxy) is 2. The van der Waals surface area contributed by atoms with Crippen LogP contribution in [0.25, 0.3) is 0 Å². The Bertz CT molecular complexity index is 265. The molecule has 0 radical (unpaired) electrons. The highest BCUT2D eigenvalue weighted by Gasteiger charge is 2.55. The molecule has 17 heavy (non-hydrogen) atoms. The van der Waals surface area contributed by atoms with Crippen LogP contribution in [0.5, 0.6) is 0 Å². The fraction of sp³-hybridized carbons (Fsp3) is 0.857. The summed E-state index contributed by atoms with van der Waals surface area (Å²) in [5.41, 5.74) is 0. The van der Waals surface area contributed by atoms with Crippen molar-refractivity contribution in [2.24, 2.45) is 11.8 Å². The van der Waals surface area contributed by atoms with Crippen molar-refractivity contribution in [1.29, 1.82) is 0 Å². The van der Waals surface area contributed by atoms with Gasteiger partial charge in [0.15, 0.2) is 0 Å². The third-order valence-electron chi connectivity index (χ3n) is 3.41. The van der Waals surface area contributed by atoms with Crippen LogP contribution in [0.3, 0.4) is 0 Å². The van der Waals surface area contributed by atoms with Crippen LogP contribution in [-0.4, -0.2) is 30.3 Å². The van der Waals surface area contributed by atoms with Gasteiger partial charge < -0.3 is 9.47 Å². The molecule has 1 fully saturated rings. The second kappa shape index (κ2) is 5.73. The molecule has 0 spiro atoms. The average Bonchev–Trinajstić information content (AvgIpc) is 2.51. The Morgan fingerprint density at radius 2 is 2.00 bits per heavy atom. The molecule has 100 valence electrons. The van der Waals surface area contributed by atoms with Crippen LogP contribution in [-0.2, 0) is 9.47 Å². The lowest BCUT2D eigenvalue weighted by Crippen LogP contribution is -2.44. The van der Waals surface area contributed by atoms with Crippen molar-refractivity contribution in [3.05, 3.63) is 12.7 Å². The molecule has 2 nitrogen and oxygen atoms in total. The van der Waals surface area contributed by atoms with Gasteiger partial charge in [0.1, 0.15) is 11.0 Å². The number of methoxy groups -OCH3 is 1. The molecule has 1 aliphatic rings. The molecule has 1 rings (SSSR count). The summed E-state index contributed by atoms with van der Waals surface area (Å²) in [6, 6.07) is 0. The summed E-state index contributed by atoms with van der Waals surface area (Å²) in [6.45, 7) is 12.5. The molecule has 3 heteroatoms. The van der Waals surface area contributed by atoms with Gasteiger partial charge >= 0.3 is 0 Å². The first-order chi connectivity index (χ1) is 7.86. The van der Waals surface area contributed by atoms with Crippen LogP contribution in [0.4, 0.5) is 0 Å². The summed E-state index contributed by atoms with van der Waals surface area (Å²) < 4.78 is 11.7. The Kier molecular flexibility index (Phi) is 5.06. The Morgan fingerprint density at radius 3 is 2.35 bits per heavy atom. The van der Waals surface area contributed by atoms with E-state index in [0.717, 1.165) is 6.42 Å². The van der Waals surface area contributed by atoms with Gasteiger partial charge in [-0.05, 0) is 18.3 Å². The van der Waals surface area contributed by atoms with Crippen LogP contribution in [0.2, 0.25) is 0 Å². The third-order valence-corrected chi connectivity index (χ3v) is 3.99. The molecule has 0 N–H and O–H groups in total. The zero-order valence-electron chi connectivity index (χ0n) is 11.6. The highest BCUT2D eigenvalue weighted by molar-refractivity contribution is 6.26. The van der Waals surface area contributed by atoms with Gasteiger partial charge in [0.25, 0.3) is 0 Å². The van der Waals surface area contributed by atoms with Crippen molar-refractivity contribution in [2.75, 3.05) is 7.11 Å². The second-order valence-electron chi connectivity index (χ2n) is 5.66. The highest BCUT2D eigenvalue weighted by atomic mass is 35.5. The molecular weight excluding hydrogens is 236 g/mol. The molecule has 1 heterocycles. The standard InChI is InChI=1S/C14H25ClO2/c1-7-14(15)12(10(4)5)17-11(8-9(2)3)13(14)16-6/h7,9-13H,1,8H2,2-6H3/t11-,12+,13-,14+/m1/s1. The summed E-state index contributed by atoms with van der Waals surface area (Å²) in [6.07, 6.45) is 2.66. The normalized spacial score (nSPS) is 38.0. The predicted molar refractivity (Wildman–Crippen MR) is 72.5 cm³/mol. The van der Waals surface area contributed by atoms with Gasteiger partial charge in [-0.25, -0.2) is 0 Å². The molecule has 0 aromatic rings. The average molecular weight is 261 g/mol. The number of alkyl halides is 1. The SMILES string of the molecule is C=C[C@@]1(Cl)[C@H](OC)[C@@H](CC(C)C)O[C@H]1C(C)C. The molecule has 0 saturated carbocycles. The highest BCUT2D eigenvalue weighted by Crippen LogP contribution is 2.44. The maximum Gasteiger partial charge on any atom is 0.117 e. The lowest BCUT2D eigenvalue weighted by molar-refractivity contribution is -0.0263. The van der Waals surface area contributed by atoms with Crippen molar-refractivity contribution >= 4 is 11.6 Å². The first kappa shape index (κ1) is 15.0. The second-order valence-corrected chi connectivity index (χ2v) is 6.31. The summed E-state index contributed by atoms with van der Waals surface area (Å²) in [4.78, 5) is -0.609. The van der Waals surface area contributed by atoms with Gasteiger partial charge in [-0.3, -0.25) is 0 Å². The smallest absolute Gasteiger partial charge is 0.117 e. The molecule has 0 aromatic heterocycles. The first-order valence-corrected chi connectivity index (χ1v) is 6.75. The molecule has 0 aromatic carbocycles. The molecule has 4 atom stereocenters. The molecule has 0 bridgehead atoms.